The van der Waals surface area contributed by atoms with Crippen molar-refractivity contribution in [2.75, 3.05) is 13.1 Å². The number of carbonyl (C=O) groups is 1. The van der Waals surface area contributed by atoms with E-state index < -0.39 is 0 Å². The average Bonchev–Trinajstić information content (AvgIpc) is 3.41. The van der Waals surface area contributed by atoms with Gasteiger partial charge in [-0.3, -0.25) is 14.6 Å². The van der Waals surface area contributed by atoms with Gasteiger partial charge in [-0.05, 0) is 65.5 Å². The lowest BCUT2D eigenvalue weighted by Gasteiger charge is -2.36. The van der Waals surface area contributed by atoms with E-state index in [-0.39, 0.29) is 12.1 Å². The van der Waals surface area contributed by atoms with Gasteiger partial charge in [0.1, 0.15) is 17.1 Å². The van der Waals surface area contributed by atoms with Gasteiger partial charge in [0, 0.05) is 55.6 Å². The quantitative estimate of drug-likeness (QED) is 0.745. The van der Waals surface area contributed by atoms with Crippen molar-refractivity contribution in [2.24, 2.45) is 0 Å². The summed E-state index contributed by atoms with van der Waals surface area (Å²) >= 11 is 0. The van der Waals surface area contributed by atoms with Gasteiger partial charge >= 0.3 is 0 Å². The summed E-state index contributed by atoms with van der Waals surface area (Å²) in [5.74, 6) is 0.767. The highest BCUT2D eigenvalue weighted by atomic mass is 16.5. The maximum atomic E-state index is 12.2. The van der Waals surface area contributed by atoms with E-state index in [4.69, 9.17) is 9.72 Å². The minimum Gasteiger partial charge on any atom is -0.473 e. The molecule has 0 radical (unpaired) electrons. The highest BCUT2D eigenvalue weighted by Crippen LogP contribution is 2.31. The molecule has 0 saturated carbocycles. The molecular formula is C25H37N5O2. The van der Waals surface area contributed by atoms with Gasteiger partial charge in [-0.15, -0.1) is 0 Å². The molecule has 0 aromatic carbocycles. The second-order valence-electron chi connectivity index (χ2n) is 10.1. The molecule has 5 rings (SSSR count). The number of hydrogen-bond donors (Lipinski definition) is 1. The Kier molecular flexibility index (Phi) is 5.88. The molecule has 0 aliphatic carbocycles. The van der Waals surface area contributed by atoms with Gasteiger partial charge in [-0.1, -0.05) is 0 Å². The van der Waals surface area contributed by atoms with Crippen molar-refractivity contribution in [2.45, 2.75) is 96.7 Å². The standard InChI is InChI=1S/C25H37N5O2/c1-16-5-6-17(2)28(16)11-9-23(30-18(3)7-8-19(30)4)32-21-13-20-14-22-25(31)26-10-12-29(22)24(20)27-15-21/h13-19,23H,5-12H2,1-4H3,(H,26,31)/t16-,17-,18-,19-,23?/m1/s1. The van der Waals surface area contributed by atoms with Crippen molar-refractivity contribution in [3.05, 3.63) is 24.0 Å². The number of ether oxygens (including phenoxy) is 1. The number of rotatable bonds is 6. The molecule has 3 aliphatic heterocycles. The van der Waals surface area contributed by atoms with Crippen LogP contribution in [0.25, 0.3) is 11.0 Å². The van der Waals surface area contributed by atoms with Gasteiger partial charge in [0.25, 0.3) is 5.91 Å². The van der Waals surface area contributed by atoms with Crippen LogP contribution in [0, 0.1) is 0 Å². The molecule has 1 unspecified atom stereocenters. The first-order valence-corrected chi connectivity index (χ1v) is 12.4. The molecule has 7 heteroatoms. The fourth-order valence-corrected chi connectivity index (χ4v) is 6.13. The van der Waals surface area contributed by atoms with Gasteiger partial charge in [0.2, 0.25) is 0 Å². The Bertz CT molecular complexity index is 968. The van der Waals surface area contributed by atoms with Crippen LogP contribution < -0.4 is 10.1 Å². The largest absolute Gasteiger partial charge is 0.473 e. The average molecular weight is 440 g/mol. The zero-order chi connectivity index (χ0) is 22.4. The Morgan fingerprint density at radius 1 is 1.06 bits per heavy atom. The van der Waals surface area contributed by atoms with Crippen LogP contribution in [0.1, 0.15) is 70.3 Å². The number of aromatic nitrogens is 2. The molecule has 0 spiro atoms. The summed E-state index contributed by atoms with van der Waals surface area (Å²) in [6.45, 7) is 11.8. The van der Waals surface area contributed by atoms with Gasteiger partial charge in [0.05, 0.1) is 6.20 Å². The van der Waals surface area contributed by atoms with E-state index >= 15 is 0 Å². The van der Waals surface area contributed by atoms with Crippen LogP contribution in [0.5, 0.6) is 5.75 Å². The SMILES string of the molecule is C[C@@H]1CC[C@@H](C)N1CCC(Oc1cnc2c(c1)cc1n2CCNC1=O)N1[C@H](C)CC[C@H]1C. The minimum absolute atomic E-state index is 0.0248. The molecule has 7 nitrogen and oxygen atoms in total. The summed E-state index contributed by atoms with van der Waals surface area (Å²) in [4.78, 5) is 22.1. The maximum absolute atomic E-state index is 12.2. The summed E-state index contributed by atoms with van der Waals surface area (Å²) in [6.07, 6.45) is 7.86. The van der Waals surface area contributed by atoms with Crippen molar-refractivity contribution in [1.29, 1.82) is 0 Å². The first-order valence-electron chi connectivity index (χ1n) is 12.4. The number of likely N-dealkylation sites (tertiary alicyclic amines) is 2. The van der Waals surface area contributed by atoms with E-state index in [1.54, 1.807) is 0 Å². The fourth-order valence-electron chi connectivity index (χ4n) is 6.13. The molecule has 2 saturated heterocycles. The van der Waals surface area contributed by atoms with Crippen LogP contribution in [0.2, 0.25) is 0 Å². The van der Waals surface area contributed by atoms with Crippen molar-refractivity contribution in [3.8, 4) is 5.75 Å². The fraction of sp³-hybridized carbons (Fsp3) is 0.680. The normalized spacial score (nSPS) is 29.9. The summed E-state index contributed by atoms with van der Waals surface area (Å²) in [5, 5.41) is 3.88. The maximum Gasteiger partial charge on any atom is 0.268 e. The number of amides is 1. The van der Waals surface area contributed by atoms with E-state index in [0.717, 1.165) is 36.3 Å². The molecule has 2 fully saturated rings. The second kappa shape index (κ2) is 8.67. The van der Waals surface area contributed by atoms with Crippen LogP contribution in [-0.4, -0.2) is 68.7 Å². The number of nitrogens with zero attached hydrogens (tertiary/aromatic N) is 4. The zero-order valence-electron chi connectivity index (χ0n) is 19.9. The summed E-state index contributed by atoms with van der Waals surface area (Å²) in [5.41, 5.74) is 1.55. The van der Waals surface area contributed by atoms with Crippen LogP contribution in [0.15, 0.2) is 18.3 Å². The molecule has 5 heterocycles. The Balaban J connectivity index is 1.39. The smallest absolute Gasteiger partial charge is 0.268 e. The molecule has 5 atom stereocenters. The summed E-state index contributed by atoms with van der Waals surface area (Å²) in [7, 11) is 0. The molecule has 32 heavy (non-hydrogen) atoms. The van der Waals surface area contributed by atoms with E-state index in [9.17, 15) is 4.79 Å². The molecule has 0 bridgehead atoms. The molecule has 1 N–H and O–H groups in total. The van der Waals surface area contributed by atoms with Crippen molar-refractivity contribution >= 4 is 16.9 Å². The predicted molar refractivity (Wildman–Crippen MR) is 126 cm³/mol. The second-order valence-corrected chi connectivity index (χ2v) is 10.1. The van der Waals surface area contributed by atoms with Crippen molar-refractivity contribution in [3.63, 3.8) is 0 Å². The number of hydrogen-bond acceptors (Lipinski definition) is 5. The lowest BCUT2D eigenvalue weighted by molar-refractivity contribution is -0.0159. The zero-order valence-corrected chi connectivity index (χ0v) is 19.9. The first-order chi connectivity index (χ1) is 15.4. The lowest BCUT2D eigenvalue weighted by atomic mass is 10.2. The molecule has 1 amide bonds. The topological polar surface area (TPSA) is 62.6 Å². The number of fused-ring (bicyclic) bond motifs is 3. The van der Waals surface area contributed by atoms with Gasteiger partial charge in [-0.2, -0.15) is 0 Å². The number of pyridine rings is 1. The first kappa shape index (κ1) is 21.7. The third kappa shape index (κ3) is 3.90. The van der Waals surface area contributed by atoms with Crippen molar-refractivity contribution < 1.29 is 9.53 Å². The third-order valence-corrected chi connectivity index (χ3v) is 7.96. The van der Waals surface area contributed by atoms with E-state index in [2.05, 4.69) is 48.9 Å². The Hall–Kier alpha value is -2.12. The monoisotopic (exact) mass is 439 g/mol. The van der Waals surface area contributed by atoms with E-state index in [0.29, 0.717) is 36.4 Å². The van der Waals surface area contributed by atoms with E-state index in [1.807, 2.05) is 16.8 Å². The molecular weight excluding hydrogens is 402 g/mol. The highest BCUT2D eigenvalue weighted by Gasteiger charge is 2.36. The predicted octanol–water partition coefficient (Wildman–Crippen LogP) is 3.62. The molecule has 2 aromatic heterocycles. The van der Waals surface area contributed by atoms with Crippen LogP contribution >= 0.6 is 0 Å². The van der Waals surface area contributed by atoms with Gasteiger partial charge in [-0.25, -0.2) is 4.98 Å². The van der Waals surface area contributed by atoms with Gasteiger partial charge in [0.15, 0.2) is 6.23 Å². The minimum atomic E-state index is -0.0248. The summed E-state index contributed by atoms with van der Waals surface area (Å²) < 4.78 is 8.67. The van der Waals surface area contributed by atoms with Crippen LogP contribution in [0.4, 0.5) is 0 Å². The van der Waals surface area contributed by atoms with Crippen molar-refractivity contribution in [1.82, 2.24) is 24.7 Å². The number of nitrogens with one attached hydrogen (secondary N) is 1. The Morgan fingerprint density at radius 3 is 2.47 bits per heavy atom. The van der Waals surface area contributed by atoms with Gasteiger partial charge < -0.3 is 14.6 Å². The highest BCUT2D eigenvalue weighted by molar-refractivity contribution is 5.98. The lowest BCUT2D eigenvalue weighted by Crippen LogP contribution is -2.47. The third-order valence-electron chi connectivity index (χ3n) is 7.96. The Labute approximate surface area is 191 Å². The molecule has 3 aliphatic rings. The van der Waals surface area contributed by atoms with Crippen LogP contribution in [0.3, 0.4) is 0 Å². The summed E-state index contributed by atoms with van der Waals surface area (Å²) in [6, 6.07) is 6.33. The van der Waals surface area contributed by atoms with Crippen LogP contribution in [-0.2, 0) is 6.54 Å². The molecule has 174 valence electrons. The molecule has 2 aromatic rings. The van der Waals surface area contributed by atoms with E-state index in [1.165, 1.54) is 25.7 Å². The Morgan fingerprint density at radius 2 is 1.75 bits per heavy atom. The number of carbonyl (C=O) groups excluding carboxylic acids is 1.